The monoisotopic (exact) mass is 452 g/mol. The molecule has 0 bridgehead atoms. The second-order valence-electron chi connectivity index (χ2n) is 7.42. The van der Waals surface area contributed by atoms with Crippen molar-refractivity contribution in [3.8, 4) is 0 Å². The first-order chi connectivity index (χ1) is 14.2. The normalized spacial score (nSPS) is 20.0. The van der Waals surface area contributed by atoms with Crippen LogP contribution in [0.4, 0.5) is 5.00 Å². The summed E-state index contributed by atoms with van der Waals surface area (Å²) >= 11 is 0.839. The van der Waals surface area contributed by atoms with Gasteiger partial charge in [-0.15, -0.1) is 5.10 Å². The first kappa shape index (κ1) is 22.3. The Morgan fingerprint density at radius 1 is 1.27 bits per heavy atom. The molecule has 1 aliphatic heterocycles. The number of aromatic nitrogens is 2. The van der Waals surface area contributed by atoms with Crippen molar-refractivity contribution in [2.24, 2.45) is 11.8 Å². The molecule has 3 rings (SSSR count). The van der Waals surface area contributed by atoms with Gasteiger partial charge in [0.1, 0.15) is 0 Å². The van der Waals surface area contributed by atoms with Gasteiger partial charge in [0, 0.05) is 30.2 Å². The molecule has 30 heavy (non-hydrogen) atoms. The summed E-state index contributed by atoms with van der Waals surface area (Å²) in [7, 11) is -3.72. The van der Waals surface area contributed by atoms with Gasteiger partial charge >= 0.3 is 5.97 Å². The average molecular weight is 453 g/mol. The fourth-order valence-corrected chi connectivity index (χ4v) is 5.81. The SMILES string of the molecule is CCOC(=O)c1nnsc1NC(=O)c1cccc(S(=O)(=O)N2CC(C)CC(C)C2)c1. The Labute approximate surface area is 179 Å². The number of benzene rings is 1. The molecule has 2 unspecified atom stereocenters. The van der Waals surface area contributed by atoms with E-state index in [2.05, 4.69) is 14.9 Å². The molecular weight excluding hydrogens is 428 g/mol. The highest BCUT2D eigenvalue weighted by Crippen LogP contribution is 2.27. The largest absolute Gasteiger partial charge is 0.461 e. The zero-order valence-electron chi connectivity index (χ0n) is 17.0. The number of amides is 1. The smallest absolute Gasteiger partial charge is 0.362 e. The number of sulfonamides is 1. The summed E-state index contributed by atoms with van der Waals surface area (Å²) in [5, 5.41) is 6.40. The van der Waals surface area contributed by atoms with Gasteiger partial charge in [-0.05, 0) is 43.4 Å². The Bertz CT molecular complexity index is 1030. The van der Waals surface area contributed by atoms with Crippen LogP contribution in [0.5, 0.6) is 0 Å². The second kappa shape index (κ2) is 9.19. The van der Waals surface area contributed by atoms with Gasteiger partial charge in [-0.25, -0.2) is 13.2 Å². The number of carbonyl (C=O) groups excluding carboxylic acids is 2. The van der Waals surface area contributed by atoms with Gasteiger partial charge < -0.3 is 10.1 Å². The van der Waals surface area contributed by atoms with Crippen molar-refractivity contribution < 1.29 is 22.7 Å². The van der Waals surface area contributed by atoms with Gasteiger partial charge in [0.05, 0.1) is 11.5 Å². The average Bonchev–Trinajstić information content (AvgIpc) is 3.15. The van der Waals surface area contributed by atoms with Gasteiger partial charge in [0.15, 0.2) is 5.00 Å². The minimum atomic E-state index is -3.72. The van der Waals surface area contributed by atoms with Gasteiger partial charge in [-0.1, -0.05) is 24.4 Å². The molecule has 162 valence electrons. The summed E-state index contributed by atoms with van der Waals surface area (Å²) in [5.41, 5.74) is 0.0626. The summed E-state index contributed by atoms with van der Waals surface area (Å²) < 4.78 is 36.3. The molecule has 1 aliphatic rings. The predicted octanol–water partition coefficient (Wildman–Crippen LogP) is 2.63. The number of carbonyl (C=O) groups is 2. The maximum Gasteiger partial charge on any atom is 0.362 e. The molecule has 2 aromatic rings. The molecule has 1 N–H and O–H groups in total. The Morgan fingerprint density at radius 2 is 1.97 bits per heavy atom. The quantitative estimate of drug-likeness (QED) is 0.669. The van der Waals surface area contributed by atoms with Crippen molar-refractivity contribution in [1.29, 1.82) is 0 Å². The first-order valence-electron chi connectivity index (χ1n) is 9.63. The van der Waals surface area contributed by atoms with E-state index in [0.29, 0.717) is 13.1 Å². The van der Waals surface area contributed by atoms with Crippen LogP contribution in [0.25, 0.3) is 0 Å². The lowest BCUT2D eigenvalue weighted by atomic mass is 9.94. The third kappa shape index (κ3) is 4.85. The van der Waals surface area contributed by atoms with E-state index in [4.69, 9.17) is 4.74 Å². The molecule has 1 fully saturated rings. The summed E-state index contributed by atoms with van der Waals surface area (Å²) in [6.07, 6.45) is 0.986. The molecule has 0 radical (unpaired) electrons. The van der Waals surface area contributed by atoms with Crippen molar-refractivity contribution >= 4 is 38.4 Å². The lowest BCUT2D eigenvalue weighted by molar-refractivity contribution is 0.0520. The minimum absolute atomic E-state index is 0.0597. The van der Waals surface area contributed by atoms with Gasteiger partial charge in [0.2, 0.25) is 15.7 Å². The van der Waals surface area contributed by atoms with Crippen molar-refractivity contribution in [2.45, 2.75) is 32.1 Å². The number of hydrogen-bond acceptors (Lipinski definition) is 8. The lowest BCUT2D eigenvalue weighted by Crippen LogP contribution is -2.42. The van der Waals surface area contributed by atoms with Gasteiger partial charge in [-0.2, -0.15) is 4.31 Å². The highest BCUT2D eigenvalue weighted by molar-refractivity contribution is 7.89. The fraction of sp³-hybridized carbons (Fsp3) is 0.474. The standard InChI is InChI=1S/C19H24N4O5S2/c1-4-28-19(25)16-18(29-22-21-16)20-17(24)14-6-5-7-15(9-14)30(26,27)23-10-12(2)8-13(3)11-23/h5-7,9,12-13H,4,8,10-11H2,1-3H3,(H,20,24). The third-order valence-electron chi connectivity index (χ3n) is 4.75. The van der Waals surface area contributed by atoms with E-state index in [1.54, 1.807) is 6.92 Å². The van der Waals surface area contributed by atoms with Gasteiger partial charge in [0.25, 0.3) is 5.91 Å². The molecule has 9 nitrogen and oxygen atoms in total. The predicted molar refractivity (Wildman–Crippen MR) is 112 cm³/mol. The molecule has 2 heterocycles. The van der Waals surface area contributed by atoms with Crippen LogP contribution in [0, 0.1) is 11.8 Å². The summed E-state index contributed by atoms with van der Waals surface area (Å²) in [6.45, 7) is 6.80. The van der Waals surface area contributed by atoms with Crippen LogP contribution in [0.2, 0.25) is 0 Å². The van der Waals surface area contributed by atoms with Crippen molar-refractivity contribution in [3.63, 3.8) is 0 Å². The zero-order valence-corrected chi connectivity index (χ0v) is 18.6. The summed E-state index contributed by atoms with van der Waals surface area (Å²) in [6, 6.07) is 5.85. The van der Waals surface area contributed by atoms with E-state index in [1.807, 2.05) is 13.8 Å². The second-order valence-corrected chi connectivity index (χ2v) is 10.1. The minimum Gasteiger partial charge on any atom is -0.461 e. The van der Waals surface area contributed by atoms with Crippen LogP contribution in [0.3, 0.4) is 0 Å². The molecule has 0 saturated carbocycles. The number of ether oxygens (including phenoxy) is 1. The molecule has 0 spiro atoms. The number of esters is 1. The van der Waals surface area contributed by atoms with Crippen molar-refractivity contribution in [2.75, 3.05) is 25.0 Å². The highest BCUT2D eigenvalue weighted by Gasteiger charge is 2.32. The first-order valence-corrected chi connectivity index (χ1v) is 11.8. The van der Waals surface area contributed by atoms with E-state index in [0.717, 1.165) is 18.0 Å². The zero-order chi connectivity index (χ0) is 21.9. The number of nitrogens with one attached hydrogen (secondary N) is 1. The highest BCUT2D eigenvalue weighted by atomic mass is 32.2. The lowest BCUT2D eigenvalue weighted by Gasteiger charge is -2.34. The Morgan fingerprint density at radius 3 is 2.63 bits per heavy atom. The van der Waals surface area contributed by atoms with E-state index < -0.39 is 21.9 Å². The van der Waals surface area contributed by atoms with Crippen LogP contribution in [-0.4, -0.2) is 53.9 Å². The van der Waals surface area contributed by atoms with E-state index in [9.17, 15) is 18.0 Å². The number of anilines is 1. The maximum atomic E-state index is 13.1. The van der Waals surface area contributed by atoms with E-state index >= 15 is 0 Å². The molecule has 1 aromatic heterocycles. The van der Waals surface area contributed by atoms with E-state index in [-0.39, 0.29) is 39.6 Å². The number of nitrogens with zero attached hydrogens (tertiary/aromatic N) is 3. The molecule has 0 aliphatic carbocycles. The molecule has 1 amide bonds. The Hall–Kier alpha value is -2.37. The van der Waals surface area contributed by atoms with Crippen LogP contribution in [0.1, 0.15) is 48.0 Å². The van der Waals surface area contributed by atoms with Crippen molar-refractivity contribution in [1.82, 2.24) is 13.9 Å². The number of piperidine rings is 1. The van der Waals surface area contributed by atoms with Crippen LogP contribution < -0.4 is 5.32 Å². The molecule has 1 aromatic carbocycles. The summed E-state index contributed by atoms with van der Waals surface area (Å²) in [5.74, 6) is -0.708. The maximum absolute atomic E-state index is 13.1. The van der Waals surface area contributed by atoms with Crippen LogP contribution in [-0.2, 0) is 14.8 Å². The number of rotatable bonds is 6. The van der Waals surface area contributed by atoms with E-state index in [1.165, 1.54) is 28.6 Å². The Kier molecular flexibility index (Phi) is 6.84. The third-order valence-corrected chi connectivity index (χ3v) is 7.22. The van der Waals surface area contributed by atoms with Crippen LogP contribution in [0.15, 0.2) is 29.2 Å². The molecule has 11 heteroatoms. The van der Waals surface area contributed by atoms with Crippen molar-refractivity contribution in [3.05, 3.63) is 35.5 Å². The topological polar surface area (TPSA) is 119 Å². The molecule has 2 atom stereocenters. The molecular formula is C19H24N4O5S2. The molecule has 1 saturated heterocycles. The van der Waals surface area contributed by atoms with Crippen LogP contribution >= 0.6 is 11.5 Å². The fourth-order valence-electron chi connectivity index (χ4n) is 3.53. The summed E-state index contributed by atoms with van der Waals surface area (Å²) in [4.78, 5) is 24.6. The van der Waals surface area contributed by atoms with Gasteiger partial charge in [-0.3, -0.25) is 4.79 Å². The number of hydrogen-bond donors (Lipinski definition) is 1. The Balaban J connectivity index is 1.81.